The summed E-state index contributed by atoms with van der Waals surface area (Å²) in [5.74, 6) is -4.09. The van der Waals surface area contributed by atoms with Crippen molar-refractivity contribution in [3.8, 4) is 0 Å². The monoisotopic (exact) mass is 1060 g/mol. The first kappa shape index (κ1) is 54.6. The second-order valence-electron chi connectivity index (χ2n) is 16.7. The number of Topliss-reactive ketones (excluding diaryl/α,β-unsaturated/α-hetero) is 1. The number of amides is 3. The van der Waals surface area contributed by atoms with Gasteiger partial charge in [-0.2, -0.15) is 26.7 Å². The first-order chi connectivity index (χ1) is 34.4. The van der Waals surface area contributed by atoms with Crippen LogP contribution in [0.25, 0.3) is 10.9 Å². The predicted octanol–water partition coefficient (Wildman–Crippen LogP) is 2.21. The molecule has 3 aromatic heterocycles. The number of H-pyrrole nitrogens is 1. The molecular formula is C46H51N11O13S3. The molecule has 27 heteroatoms. The lowest BCUT2D eigenvalue weighted by atomic mass is 10.1. The van der Waals surface area contributed by atoms with E-state index in [2.05, 4.69) is 51.5 Å². The van der Waals surface area contributed by atoms with Gasteiger partial charge in [-0.25, -0.2) is 18.4 Å². The van der Waals surface area contributed by atoms with Crippen LogP contribution in [0.5, 0.6) is 0 Å². The molecule has 0 aliphatic carbocycles. The summed E-state index contributed by atoms with van der Waals surface area (Å²) in [6.07, 6.45) is 6.75. The third kappa shape index (κ3) is 14.7. The Labute approximate surface area is 419 Å². The molecule has 2 atom stereocenters. The molecule has 0 unspecified atom stereocenters. The topological polar surface area (TPSA) is 359 Å². The van der Waals surface area contributed by atoms with Gasteiger partial charge in [0.1, 0.15) is 33.9 Å². The van der Waals surface area contributed by atoms with Crippen LogP contribution in [0, 0.1) is 20.8 Å². The number of pyridine rings is 2. The molecule has 24 nitrogen and oxygen atoms in total. The van der Waals surface area contributed by atoms with Crippen LogP contribution in [0.15, 0.2) is 111 Å². The summed E-state index contributed by atoms with van der Waals surface area (Å²) in [4.78, 5) is 77.8. The fourth-order valence-corrected chi connectivity index (χ4v) is 10.7. The molecule has 0 aliphatic rings. The number of carbonyl (C=O) groups excluding carboxylic acids is 4. The molecule has 0 spiro atoms. The maximum absolute atomic E-state index is 13.9. The van der Waals surface area contributed by atoms with Crippen molar-refractivity contribution in [1.29, 1.82) is 0 Å². The van der Waals surface area contributed by atoms with Crippen molar-refractivity contribution in [3.05, 3.63) is 141 Å². The molecule has 0 fully saturated rings. The largest absolute Gasteiger partial charge is 0.354 e. The summed E-state index contributed by atoms with van der Waals surface area (Å²) in [6.45, 7) is 5.88. The van der Waals surface area contributed by atoms with Gasteiger partial charge in [-0.3, -0.25) is 38.5 Å². The van der Waals surface area contributed by atoms with E-state index < -0.39 is 83.6 Å². The number of hydrazone groups is 1. The predicted molar refractivity (Wildman–Crippen MR) is 269 cm³/mol. The number of anilines is 2. The highest BCUT2D eigenvalue weighted by Crippen LogP contribution is 2.22. The fourth-order valence-electron chi connectivity index (χ4n) is 7.64. The van der Waals surface area contributed by atoms with Crippen molar-refractivity contribution in [2.75, 3.05) is 29.6 Å². The minimum atomic E-state index is -4.83. The Balaban J connectivity index is 1.15. The Morgan fingerprint density at radius 1 is 0.877 bits per heavy atom. The highest BCUT2D eigenvalue weighted by atomic mass is 32.2. The van der Waals surface area contributed by atoms with Gasteiger partial charge in [-0.05, 0) is 81.1 Å². The number of aromatic nitrogens is 4. The van der Waals surface area contributed by atoms with E-state index >= 15 is 0 Å². The van der Waals surface area contributed by atoms with Gasteiger partial charge in [-0.15, -0.1) is 0 Å². The van der Waals surface area contributed by atoms with E-state index in [-0.39, 0.29) is 63.7 Å². The minimum absolute atomic E-state index is 0.00709. The van der Waals surface area contributed by atoms with Gasteiger partial charge in [0.15, 0.2) is 5.95 Å². The molecule has 9 N–H and O–H groups in total. The van der Waals surface area contributed by atoms with Gasteiger partial charge in [0.05, 0.1) is 28.2 Å². The molecular weight excluding hydrogens is 1010 g/mol. The number of carbonyl (C=O) groups is 4. The van der Waals surface area contributed by atoms with Gasteiger partial charge >= 0.3 is 0 Å². The Morgan fingerprint density at radius 2 is 1.60 bits per heavy atom. The Hall–Kier alpha value is -7.69. The molecule has 386 valence electrons. The molecule has 3 aromatic carbocycles. The Bertz CT molecular complexity index is 3470. The van der Waals surface area contributed by atoms with Gasteiger partial charge in [0, 0.05) is 61.9 Å². The van der Waals surface area contributed by atoms with Gasteiger partial charge in [-0.1, -0.05) is 42.0 Å². The number of benzene rings is 3. The molecule has 73 heavy (non-hydrogen) atoms. The zero-order chi connectivity index (χ0) is 53.3. The van der Waals surface area contributed by atoms with E-state index in [0.29, 0.717) is 28.2 Å². The van der Waals surface area contributed by atoms with Crippen LogP contribution < -0.4 is 36.8 Å². The average Bonchev–Trinajstić information content (AvgIpc) is 3.84. The van der Waals surface area contributed by atoms with Crippen molar-refractivity contribution < 1.29 is 53.5 Å². The highest BCUT2D eigenvalue weighted by molar-refractivity contribution is 7.89. The summed E-state index contributed by atoms with van der Waals surface area (Å²) in [6, 6.07) is 13.1. The van der Waals surface area contributed by atoms with Crippen molar-refractivity contribution in [2.24, 2.45) is 5.10 Å². The van der Waals surface area contributed by atoms with Gasteiger partial charge in [0.25, 0.3) is 32.1 Å². The number of hydrogen-bond acceptors (Lipinski definition) is 16. The molecule has 0 radical (unpaired) electrons. The standard InChI is InChI=1S/C46H51N11O13S3/c1-27-18-28(2)42(29(3)19-27)72(66,67)56-36(30(4)58)24-51-44(61)35-25-57(38-20-31(10-12-34(38)41(35)59)21-52-46-48-15-16-49-46)17-7-14-47-45(62)37(26-71(63,64)65)54-43(60)33-11-13-40(50-22-33)55-53-23-32-8-5-6-9-39(32)73(68,69)70/h5-6,8-13,15-16,18-20,22-23,25,36-37,56H,7,14,17,21,24,26H2,1-4H3,(H,47,62)(H,50,55)(H,51,61)(H,54,60)(H2,48,49,52)(H,63,64,65)(H,68,69,70)/b53-23-/t36-,37-/m0/s1. The number of hydrogen-bond donors (Lipinski definition) is 9. The Kier molecular flexibility index (Phi) is 17.4. The quantitative estimate of drug-likeness (QED) is 0.0192. The van der Waals surface area contributed by atoms with E-state index in [0.717, 1.165) is 24.9 Å². The number of nitrogens with zero attached hydrogens (tertiary/aromatic N) is 4. The van der Waals surface area contributed by atoms with E-state index in [1.165, 1.54) is 48.7 Å². The lowest BCUT2D eigenvalue weighted by Crippen LogP contribution is -2.50. The lowest BCUT2D eigenvalue weighted by molar-refractivity contribution is -0.122. The summed E-state index contributed by atoms with van der Waals surface area (Å²) < 4.78 is 97.4. The molecule has 3 heterocycles. The van der Waals surface area contributed by atoms with Crippen molar-refractivity contribution in [3.63, 3.8) is 0 Å². The van der Waals surface area contributed by atoms with Crippen molar-refractivity contribution in [1.82, 2.24) is 40.2 Å². The zero-order valence-electron chi connectivity index (χ0n) is 39.5. The maximum Gasteiger partial charge on any atom is 0.295 e. The number of sulfonamides is 1. The van der Waals surface area contributed by atoms with E-state index in [1.54, 1.807) is 55.1 Å². The van der Waals surface area contributed by atoms with E-state index in [1.807, 2.05) is 6.92 Å². The number of fused-ring (bicyclic) bond motifs is 1. The number of rotatable bonds is 23. The molecule has 0 bridgehead atoms. The molecule has 0 saturated carbocycles. The first-order valence-electron chi connectivity index (χ1n) is 22.0. The van der Waals surface area contributed by atoms with Crippen LogP contribution in [0.1, 0.15) is 61.9 Å². The van der Waals surface area contributed by atoms with E-state index in [9.17, 15) is 58.3 Å². The summed E-state index contributed by atoms with van der Waals surface area (Å²) >= 11 is 0. The number of aromatic amines is 1. The van der Waals surface area contributed by atoms with Crippen LogP contribution in [-0.2, 0) is 52.9 Å². The van der Waals surface area contributed by atoms with Crippen LogP contribution in [0.2, 0.25) is 0 Å². The smallest absolute Gasteiger partial charge is 0.295 e. The molecule has 6 aromatic rings. The van der Waals surface area contributed by atoms with Crippen molar-refractivity contribution >= 4 is 82.6 Å². The zero-order valence-corrected chi connectivity index (χ0v) is 42.0. The SMILES string of the molecule is CC(=O)[C@H](CNC(=O)c1cn(CCCNC(=O)[C@H](CS(=O)(=O)O)NC(=O)c2ccc(N/N=C\c3ccccc3S(=O)(=O)O)nc2)c2cc(CNc3ncc[nH]3)ccc2c1=O)NS(=O)(=O)c1c(C)cc(C)cc1C. The third-order valence-electron chi connectivity index (χ3n) is 11.0. The van der Waals surface area contributed by atoms with Crippen molar-refractivity contribution in [2.45, 2.75) is 69.1 Å². The lowest BCUT2D eigenvalue weighted by Gasteiger charge is -2.20. The average molecular weight is 1060 g/mol. The van der Waals surface area contributed by atoms with E-state index in [4.69, 9.17) is 0 Å². The number of aryl methyl sites for hydroxylation is 4. The minimum Gasteiger partial charge on any atom is -0.354 e. The van der Waals surface area contributed by atoms with Crippen LogP contribution in [-0.4, -0.2) is 115 Å². The second-order valence-corrected chi connectivity index (χ2v) is 21.2. The summed E-state index contributed by atoms with van der Waals surface area (Å²) in [7, 11) is -13.6. The molecule has 0 saturated heterocycles. The third-order valence-corrected chi connectivity index (χ3v) is 14.4. The van der Waals surface area contributed by atoms with Gasteiger partial charge in [0.2, 0.25) is 21.4 Å². The number of nitrogens with one attached hydrogen (secondary N) is 7. The Morgan fingerprint density at radius 3 is 2.25 bits per heavy atom. The van der Waals surface area contributed by atoms with Crippen LogP contribution in [0.3, 0.4) is 0 Å². The summed E-state index contributed by atoms with van der Waals surface area (Å²) in [5, 5.41) is 14.4. The number of ketones is 1. The fraction of sp³-hybridized carbons (Fsp3) is 0.261. The second kappa shape index (κ2) is 23.2. The van der Waals surface area contributed by atoms with Crippen LogP contribution in [0.4, 0.5) is 11.8 Å². The van der Waals surface area contributed by atoms with Crippen LogP contribution >= 0.6 is 0 Å². The van der Waals surface area contributed by atoms with Gasteiger partial charge < -0.3 is 30.8 Å². The molecule has 6 rings (SSSR count). The summed E-state index contributed by atoms with van der Waals surface area (Å²) in [5.41, 5.74) is 4.28. The number of imidazole rings is 1. The highest BCUT2D eigenvalue weighted by Gasteiger charge is 2.29. The first-order valence-corrected chi connectivity index (χ1v) is 26.6. The normalized spacial score (nSPS) is 12.8. The molecule has 3 amide bonds. The molecule has 0 aliphatic heterocycles. The maximum atomic E-state index is 13.9.